The molecule has 0 saturated carbocycles. The zero-order valence-corrected chi connectivity index (χ0v) is 7.71. The summed E-state index contributed by atoms with van der Waals surface area (Å²) in [4.78, 5) is 0. The highest BCUT2D eigenvalue weighted by Gasteiger charge is 2.35. The van der Waals surface area contributed by atoms with E-state index in [1.54, 1.807) is 0 Å². The van der Waals surface area contributed by atoms with Gasteiger partial charge in [0.2, 0.25) is 0 Å². The Morgan fingerprint density at radius 3 is 2.50 bits per heavy atom. The van der Waals surface area contributed by atoms with Gasteiger partial charge in [-0.3, -0.25) is 0 Å². The first kappa shape index (κ1) is 8.41. The van der Waals surface area contributed by atoms with Crippen molar-refractivity contribution in [3.63, 3.8) is 0 Å². The molecule has 1 unspecified atom stereocenters. The lowest BCUT2D eigenvalue weighted by molar-refractivity contribution is 0.239. The van der Waals surface area contributed by atoms with Gasteiger partial charge in [0.05, 0.1) is 0 Å². The first-order valence-electron chi connectivity index (χ1n) is 3.99. The van der Waals surface area contributed by atoms with Crippen LogP contribution in [0.3, 0.4) is 0 Å². The van der Waals surface area contributed by atoms with Crippen LogP contribution in [0.4, 0.5) is 0 Å². The van der Waals surface area contributed by atoms with Gasteiger partial charge in [-0.1, -0.05) is 13.8 Å². The van der Waals surface area contributed by atoms with Crippen molar-refractivity contribution in [1.29, 1.82) is 0 Å². The molecule has 0 aliphatic carbocycles. The summed E-state index contributed by atoms with van der Waals surface area (Å²) in [6, 6.07) is 0. The van der Waals surface area contributed by atoms with Gasteiger partial charge in [0.25, 0.3) is 0 Å². The fraction of sp³-hybridized carbons (Fsp3) is 1.00. The van der Waals surface area contributed by atoms with E-state index in [9.17, 15) is 0 Å². The first-order chi connectivity index (χ1) is 4.71. The van der Waals surface area contributed by atoms with Crippen LogP contribution < -0.4 is 5.73 Å². The zero-order valence-electron chi connectivity index (χ0n) is 6.89. The minimum absolute atomic E-state index is 0.477. The Labute approximate surface area is 67.8 Å². The van der Waals surface area contributed by atoms with E-state index in [0.29, 0.717) is 5.41 Å². The van der Waals surface area contributed by atoms with Crippen LogP contribution in [0.5, 0.6) is 0 Å². The number of thioether (sulfide) groups is 1. The minimum Gasteiger partial charge on any atom is -0.330 e. The highest BCUT2D eigenvalue weighted by atomic mass is 32.2. The number of hydrogen-bond donors (Lipinski definition) is 1. The van der Waals surface area contributed by atoms with Gasteiger partial charge in [0.15, 0.2) is 0 Å². The SMILES string of the molecule is CC(C)C1(CN)CCSC1. The largest absolute Gasteiger partial charge is 0.330 e. The summed E-state index contributed by atoms with van der Waals surface area (Å²) in [7, 11) is 0. The highest BCUT2D eigenvalue weighted by Crippen LogP contribution is 2.40. The Morgan fingerprint density at radius 1 is 1.60 bits per heavy atom. The van der Waals surface area contributed by atoms with Crippen molar-refractivity contribution in [2.45, 2.75) is 20.3 Å². The van der Waals surface area contributed by atoms with Crippen LogP contribution in [0.2, 0.25) is 0 Å². The molecule has 1 nitrogen and oxygen atoms in total. The van der Waals surface area contributed by atoms with Crippen molar-refractivity contribution in [3.8, 4) is 0 Å². The van der Waals surface area contributed by atoms with Crippen molar-refractivity contribution < 1.29 is 0 Å². The molecule has 2 N–H and O–H groups in total. The molecule has 2 heteroatoms. The lowest BCUT2D eigenvalue weighted by Gasteiger charge is -2.30. The summed E-state index contributed by atoms with van der Waals surface area (Å²) in [5, 5.41) is 0. The van der Waals surface area contributed by atoms with E-state index in [0.717, 1.165) is 12.5 Å². The Balaban J connectivity index is 2.58. The number of rotatable bonds is 2. The maximum atomic E-state index is 5.76. The van der Waals surface area contributed by atoms with E-state index < -0.39 is 0 Å². The van der Waals surface area contributed by atoms with E-state index in [1.807, 2.05) is 0 Å². The molecule has 0 aromatic heterocycles. The predicted octanol–water partition coefficient (Wildman–Crippen LogP) is 1.72. The molecule has 1 saturated heterocycles. The highest BCUT2D eigenvalue weighted by molar-refractivity contribution is 7.99. The fourth-order valence-electron chi connectivity index (χ4n) is 1.48. The average molecular weight is 159 g/mol. The van der Waals surface area contributed by atoms with E-state index in [1.165, 1.54) is 17.9 Å². The summed E-state index contributed by atoms with van der Waals surface area (Å²) in [5.41, 5.74) is 6.23. The van der Waals surface area contributed by atoms with Crippen LogP contribution in [0.15, 0.2) is 0 Å². The van der Waals surface area contributed by atoms with Crippen molar-refractivity contribution in [2.75, 3.05) is 18.1 Å². The van der Waals surface area contributed by atoms with Gasteiger partial charge >= 0.3 is 0 Å². The molecule has 0 amide bonds. The van der Waals surface area contributed by atoms with Crippen molar-refractivity contribution in [3.05, 3.63) is 0 Å². The van der Waals surface area contributed by atoms with Gasteiger partial charge in [-0.05, 0) is 30.1 Å². The van der Waals surface area contributed by atoms with Crippen LogP contribution in [-0.4, -0.2) is 18.1 Å². The van der Waals surface area contributed by atoms with Gasteiger partial charge in [-0.25, -0.2) is 0 Å². The van der Waals surface area contributed by atoms with Crippen molar-refractivity contribution >= 4 is 11.8 Å². The van der Waals surface area contributed by atoms with Crippen LogP contribution in [-0.2, 0) is 0 Å². The third-order valence-electron chi connectivity index (χ3n) is 2.77. The van der Waals surface area contributed by atoms with Crippen molar-refractivity contribution in [1.82, 2.24) is 0 Å². The molecule has 1 aliphatic heterocycles. The normalized spacial score (nSPS) is 33.6. The average Bonchev–Trinajstić information content (AvgIpc) is 2.35. The number of nitrogens with two attached hydrogens (primary N) is 1. The first-order valence-corrected chi connectivity index (χ1v) is 5.14. The van der Waals surface area contributed by atoms with Crippen LogP contribution in [0.1, 0.15) is 20.3 Å². The van der Waals surface area contributed by atoms with Crippen molar-refractivity contribution in [2.24, 2.45) is 17.1 Å². The van der Waals surface area contributed by atoms with Gasteiger partial charge in [0.1, 0.15) is 0 Å². The summed E-state index contributed by atoms with van der Waals surface area (Å²) in [6.07, 6.45) is 1.33. The minimum atomic E-state index is 0.477. The Hall–Kier alpha value is 0.310. The van der Waals surface area contributed by atoms with Gasteiger partial charge < -0.3 is 5.73 Å². The monoisotopic (exact) mass is 159 g/mol. The summed E-state index contributed by atoms with van der Waals surface area (Å²) < 4.78 is 0. The third-order valence-corrected chi connectivity index (χ3v) is 4.04. The zero-order chi connectivity index (χ0) is 7.61. The van der Waals surface area contributed by atoms with Crippen LogP contribution in [0, 0.1) is 11.3 Å². The van der Waals surface area contributed by atoms with E-state index in [4.69, 9.17) is 5.73 Å². The molecule has 1 aliphatic rings. The third kappa shape index (κ3) is 1.32. The summed E-state index contributed by atoms with van der Waals surface area (Å²) >= 11 is 2.05. The van der Waals surface area contributed by atoms with Gasteiger partial charge in [0, 0.05) is 5.75 Å². The molecule has 0 radical (unpaired) electrons. The second-order valence-corrected chi connectivity index (χ2v) is 4.63. The van der Waals surface area contributed by atoms with Gasteiger partial charge in [-0.2, -0.15) is 11.8 Å². The second kappa shape index (κ2) is 3.14. The smallest absolute Gasteiger partial charge is 0.000403 e. The molecule has 0 aromatic rings. The van der Waals surface area contributed by atoms with Gasteiger partial charge in [-0.15, -0.1) is 0 Å². The van der Waals surface area contributed by atoms with E-state index >= 15 is 0 Å². The van der Waals surface area contributed by atoms with Crippen LogP contribution in [0.25, 0.3) is 0 Å². The molecule has 1 rings (SSSR count). The molecule has 0 spiro atoms. The fourth-order valence-corrected chi connectivity index (χ4v) is 3.17. The quantitative estimate of drug-likeness (QED) is 0.664. The standard InChI is InChI=1S/C8H17NS/c1-7(2)8(5-9)3-4-10-6-8/h7H,3-6,9H2,1-2H3. The molecular weight excluding hydrogens is 142 g/mol. The molecule has 60 valence electrons. The van der Waals surface area contributed by atoms with Crippen LogP contribution >= 0.6 is 11.8 Å². The Bertz CT molecular complexity index is 106. The molecule has 1 heterocycles. The summed E-state index contributed by atoms with van der Waals surface area (Å²) in [6.45, 7) is 5.45. The topological polar surface area (TPSA) is 26.0 Å². The van der Waals surface area contributed by atoms with E-state index in [2.05, 4.69) is 25.6 Å². The lowest BCUT2D eigenvalue weighted by atomic mass is 9.77. The second-order valence-electron chi connectivity index (χ2n) is 3.52. The maximum absolute atomic E-state index is 5.76. The maximum Gasteiger partial charge on any atom is 0.000403 e. The molecule has 1 fully saturated rings. The molecular formula is C8H17NS. The predicted molar refractivity (Wildman–Crippen MR) is 48.3 cm³/mol. The Kier molecular flexibility index (Phi) is 2.64. The molecule has 0 aromatic carbocycles. The summed E-state index contributed by atoms with van der Waals surface area (Å²) in [5.74, 6) is 3.35. The van der Waals surface area contributed by atoms with E-state index in [-0.39, 0.29) is 0 Å². The molecule has 10 heavy (non-hydrogen) atoms. The molecule has 0 bridgehead atoms. The molecule has 1 atom stereocenters. The lowest BCUT2D eigenvalue weighted by Crippen LogP contribution is -2.35. The Morgan fingerprint density at radius 2 is 2.30 bits per heavy atom. The number of hydrogen-bond acceptors (Lipinski definition) is 2.